The second-order valence-corrected chi connectivity index (χ2v) is 6.76. The van der Waals surface area contributed by atoms with Crippen molar-refractivity contribution in [3.05, 3.63) is 34.8 Å². The van der Waals surface area contributed by atoms with Gasteiger partial charge >= 0.3 is 0 Å². The molecule has 0 atom stereocenters. The monoisotopic (exact) mass is 331 g/mol. The minimum Gasteiger partial charge on any atom is -0.494 e. The minimum absolute atomic E-state index is 0.166. The molecule has 23 heavy (non-hydrogen) atoms. The van der Waals surface area contributed by atoms with Gasteiger partial charge in [-0.2, -0.15) is 0 Å². The van der Waals surface area contributed by atoms with Gasteiger partial charge in [0.2, 0.25) is 5.13 Å². The van der Waals surface area contributed by atoms with Gasteiger partial charge in [-0.25, -0.2) is 0 Å². The van der Waals surface area contributed by atoms with Crippen LogP contribution in [0.5, 0.6) is 5.75 Å². The van der Waals surface area contributed by atoms with Gasteiger partial charge in [-0.05, 0) is 43.5 Å². The SMILES string of the molecule is CCCCCOc1ccc(C(=O)Nc2nnc(C3CC3)s2)cc1. The van der Waals surface area contributed by atoms with Crippen LogP contribution in [0.25, 0.3) is 0 Å². The number of anilines is 1. The third-order valence-corrected chi connectivity index (χ3v) is 4.72. The molecule has 1 aliphatic carbocycles. The number of ether oxygens (including phenoxy) is 1. The summed E-state index contributed by atoms with van der Waals surface area (Å²) in [5.74, 6) is 1.19. The number of nitrogens with zero attached hydrogens (tertiary/aromatic N) is 2. The summed E-state index contributed by atoms with van der Waals surface area (Å²) in [5, 5.41) is 12.5. The maximum absolute atomic E-state index is 12.2. The number of nitrogens with one attached hydrogen (secondary N) is 1. The van der Waals surface area contributed by atoms with E-state index in [-0.39, 0.29) is 5.91 Å². The summed E-state index contributed by atoms with van der Waals surface area (Å²) >= 11 is 1.47. The van der Waals surface area contributed by atoms with E-state index in [0.29, 0.717) is 23.2 Å². The van der Waals surface area contributed by atoms with E-state index in [9.17, 15) is 4.79 Å². The van der Waals surface area contributed by atoms with Crippen molar-refractivity contribution >= 4 is 22.4 Å². The van der Waals surface area contributed by atoms with Crippen molar-refractivity contribution in [3.63, 3.8) is 0 Å². The van der Waals surface area contributed by atoms with Gasteiger partial charge in [-0.1, -0.05) is 31.1 Å². The molecule has 0 aliphatic heterocycles. The lowest BCUT2D eigenvalue weighted by Crippen LogP contribution is -2.11. The summed E-state index contributed by atoms with van der Waals surface area (Å²) in [6.07, 6.45) is 5.77. The van der Waals surface area contributed by atoms with Crippen LogP contribution in [0.1, 0.15) is 60.3 Å². The predicted octanol–water partition coefficient (Wildman–Crippen LogP) is 4.24. The Morgan fingerprint density at radius 2 is 2.04 bits per heavy atom. The quantitative estimate of drug-likeness (QED) is 0.735. The summed E-state index contributed by atoms with van der Waals surface area (Å²) in [5.41, 5.74) is 0.592. The van der Waals surface area contributed by atoms with E-state index < -0.39 is 0 Å². The summed E-state index contributed by atoms with van der Waals surface area (Å²) in [6, 6.07) is 7.20. The molecule has 0 spiro atoms. The van der Waals surface area contributed by atoms with Crippen LogP contribution in [0.2, 0.25) is 0 Å². The zero-order valence-corrected chi connectivity index (χ0v) is 14.1. The Kier molecular flexibility index (Phi) is 5.23. The molecular weight excluding hydrogens is 310 g/mol. The van der Waals surface area contributed by atoms with Crippen LogP contribution in [0, 0.1) is 0 Å². The molecule has 0 radical (unpaired) electrons. The van der Waals surface area contributed by atoms with Crippen molar-refractivity contribution in [3.8, 4) is 5.75 Å². The molecule has 2 aromatic rings. The van der Waals surface area contributed by atoms with Crippen LogP contribution in [0.4, 0.5) is 5.13 Å². The Balaban J connectivity index is 1.52. The molecule has 0 unspecified atom stereocenters. The van der Waals surface area contributed by atoms with Gasteiger partial charge in [0, 0.05) is 11.5 Å². The number of unbranched alkanes of at least 4 members (excludes halogenated alkanes) is 2. The first kappa shape index (κ1) is 15.9. The average Bonchev–Trinajstić information content (AvgIpc) is 3.32. The Bertz CT molecular complexity index is 650. The van der Waals surface area contributed by atoms with Crippen molar-refractivity contribution in [2.45, 2.75) is 44.9 Å². The first-order valence-corrected chi connectivity index (χ1v) is 8.95. The molecule has 1 fully saturated rings. The molecular formula is C17H21N3O2S. The lowest BCUT2D eigenvalue weighted by molar-refractivity contribution is 0.102. The molecule has 5 nitrogen and oxygen atoms in total. The smallest absolute Gasteiger partial charge is 0.257 e. The zero-order chi connectivity index (χ0) is 16.1. The standard InChI is InChI=1S/C17H21N3O2S/c1-2-3-4-11-22-14-9-7-12(8-10-14)15(21)18-17-20-19-16(23-17)13-5-6-13/h7-10,13H,2-6,11H2,1H3,(H,18,20,21). The highest BCUT2D eigenvalue weighted by atomic mass is 32.1. The van der Waals surface area contributed by atoms with Crippen LogP contribution >= 0.6 is 11.3 Å². The van der Waals surface area contributed by atoms with Crippen LogP contribution in [0.15, 0.2) is 24.3 Å². The van der Waals surface area contributed by atoms with Crippen molar-refractivity contribution in [2.24, 2.45) is 0 Å². The highest BCUT2D eigenvalue weighted by molar-refractivity contribution is 7.15. The van der Waals surface area contributed by atoms with Crippen LogP contribution in [-0.2, 0) is 0 Å². The summed E-state index contributed by atoms with van der Waals surface area (Å²) in [7, 11) is 0. The molecule has 1 amide bonds. The molecule has 1 heterocycles. The Hall–Kier alpha value is -1.95. The molecule has 1 aromatic carbocycles. The zero-order valence-electron chi connectivity index (χ0n) is 13.2. The fraction of sp³-hybridized carbons (Fsp3) is 0.471. The van der Waals surface area contributed by atoms with Gasteiger partial charge in [-0.3, -0.25) is 10.1 Å². The number of carbonyl (C=O) groups excluding carboxylic acids is 1. The number of amides is 1. The molecule has 122 valence electrons. The predicted molar refractivity (Wildman–Crippen MR) is 91.3 cm³/mol. The number of benzene rings is 1. The van der Waals surface area contributed by atoms with Gasteiger partial charge in [0.15, 0.2) is 0 Å². The summed E-state index contributed by atoms with van der Waals surface area (Å²) in [6.45, 7) is 2.88. The lowest BCUT2D eigenvalue weighted by atomic mass is 10.2. The van der Waals surface area contributed by atoms with Gasteiger partial charge in [0.1, 0.15) is 10.8 Å². The van der Waals surface area contributed by atoms with Gasteiger partial charge < -0.3 is 4.74 Å². The maximum Gasteiger partial charge on any atom is 0.257 e. The second-order valence-electron chi connectivity index (χ2n) is 5.75. The van der Waals surface area contributed by atoms with E-state index in [1.54, 1.807) is 12.1 Å². The highest BCUT2D eigenvalue weighted by Crippen LogP contribution is 2.42. The second kappa shape index (κ2) is 7.55. The number of hydrogen-bond acceptors (Lipinski definition) is 5. The minimum atomic E-state index is -0.166. The third-order valence-electron chi connectivity index (χ3n) is 3.72. The molecule has 1 N–H and O–H groups in total. The van der Waals surface area contributed by atoms with E-state index in [0.717, 1.165) is 17.2 Å². The van der Waals surface area contributed by atoms with Gasteiger partial charge in [-0.15, -0.1) is 10.2 Å². The van der Waals surface area contributed by atoms with Crippen molar-refractivity contribution in [1.29, 1.82) is 0 Å². The fourth-order valence-electron chi connectivity index (χ4n) is 2.19. The Morgan fingerprint density at radius 1 is 1.26 bits per heavy atom. The van der Waals surface area contributed by atoms with E-state index in [2.05, 4.69) is 22.4 Å². The van der Waals surface area contributed by atoms with Crippen LogP contribution < -0.4 is 10.1 Å². The Morgan fingerprint density at radius 3 is 2.74 bits per heavy atom. The number of rotatable bonds is 8. The normalized spacial score (nSPS) is 13.8. The van der Waals surface area contributed by atoms with E-state index in [1.807, 2.05) is 12.1 Å². The molecule has 1 aliphatic rings. The molecule has 0 saturated heterocycles. The fourth-order valence-corrected chi connectivity index (χ4v) is 3.10. The number of carbonyl (C=O) groups is 1. The molecule has 6 heteroatoms. The van der Waals surface area contributed by atoms with Crippen LogP contribution in [0.3, 0.4) is 0 Å². The largest absolute Gasteiger partial charge is 0.494 e. The van der Waals surface area contributed by atoms with E-state index in [1.165, 1.54) is 37.0 Å². The van der Waals surface area contributed by atoms with Gasteiger partial charge in [0.05, 0.1) is 6.61 Å². The summed E-state index contributed by atoms with van der Waals surface area (Å²) < 4.78 is 5.65. The molecule has 1 aromatic heterocycles. The number of hydrogen-bond donors (Lipinski definition) is 1. The third kappa shape index (κ3) is 4.51. The van der Waals surface area contributed by atoms with E-state index in [4.69, 9.17) is 4.74 Å². The first-order valence-electron chi connectivity index (χ1n) is 8.14. The van der Waals surface area contributed by atoms with Crippen molar-refractivity contribution < 1.29 is 9.53 Å². The van der Waals surface area contributed by atoms with Crippen molar-refractivity contribution in [1.82, 2.24) is 10.2 Å². The Labute approximate surface area is 140 Å². The number of aromatic nitrogens is 2. The first-order chi connectivity index (χ1) is 11.3. The molecule has 3 rings (SSSR count). The van der Waals surface area contributed by atoms with Gasteiger partial charge in [0.25, 0.3) is 5.91 Å². The molecule has 1 saturated carbocycles. The maximum atomic E-state index is 12.2. The highest BCUT2D eigenvalue weighted by Gasteiger charge is 2.27. The average molecular weight is 331 g/mol. The summed E-state index contributed by atoms with van der Waals surface area (Å²) in [4.78, 5) is 12.2. The van der Waals surface area contributed by atoms with Crippen molar-refractivity contribution in [2.75, 3.05) is 11.9 Å². The lowest BCUT2D eigenvalue weighted by Gasteiger charge is -2.06. The van der Waals surface area contributed by atoms with E-state index >= 15 is 0 Å². The topological polar surface area (TPSA) is 64.1 Å². The molecule has 0 bridgehead atoms. The van der Waals surface area contributed by atoms with Crippen LogP contribution in [-0.4, -0.2) is 22.7 Å².